The molecular weight excluding hydrogens is 336 g/mol. The number of carbonyl (C=O) groups is 1. The van der Waals surface area contributed by atoms with Crippen LogP contribution < -0.4 is 5.32 Å². The highest BCUT2D eigenvalue weighted by atomic mass is 16.3. The standard InChI is InChI=1S/C23H18N2O2/c26-22(25-20-15-7-9-17-10-8-16-24-21(17)20)23(27,18-11-3-1-4-12-18)19-13-5-2-6-14-19/h1-16,27H,(H,25,26). The van der Waals surface area contributed by atoms with Gasteiger partial charge in [-0.1, -0.05) is 78.9 Å². The van der Waals surface area contributed by atoms with E-state index in [1.807, 2.05) is 36.4 Å². The number of hydrogen-bond acceptors (Lipinski definition) is 3. The van der Waals surface area contributed by atoms with Gasteiger partial charge in [-0.2, -0.15) is 0 Å². The van der Waals surface area contributed by atoms with E-state index in [1.54, 1.807) is 60.8 Å². The molecule has 0 fully saturated rings. The van der Waals surface area contributed by atoms with Crippen LogP contribution in [0.15, 0.2) is 97.2 Å². The lowest BCUT2D eigenvalue weighted by Crippen LogP contribution is -2.41. The lowest BCUT2D eigenvalue weighted by molar-refractivity contribution is -0.131. The second-order valence-electron chi connectivity index (χ2n) is 6.28. The molecule has 1 aromatic heterocycles. The first-order valence-electron chi connectivity index (χ1n) is 8.68. The molecule has 0 atom stereocenters. The van der Waals surface area contributed by atoms with Crippen molar-refractivity contribution in [2.75, 3.05) is 5.32 Å². The summed E-state index contributed by atoms with van der Waals surface area (Å²) in [4.78, 5) is 17.7. The van der Waals surface area contributed by atoms with E-state index >= 15 is 0 Å². The van der Waals surface area contributed by atoms with Gasteiger partial charge in [0.15, 0.2) is 5.60 Å². The molecule has 4 rings (SSSR count). The van der Waals surface area contributed by atoms with Gasteiger partial charge in [-0.15, -0.1) is 0 Å². The number of benzene rings is 3. The summed E-state index contributed by atoms with van der Waals surface area (Å²) < 4.78 is 0. The van der Waals surface area contributed by atoms with Crippen molar-refractivity contribution in [1.82, 2.24) is 4.98 Å². The molecule has 0 aliphatic carbocycles. The predicted octanol–water partition coefficient (Wildman–Crippen LogP) is 4.11. The first-order valence-corrected chi connectivity index (χ1v) is 8.68. The summed E-state index contributed by atoms with van der Waals surface area (Å²) in [5, 5.41) is 15.3. The number of rotatable bonds is 4. The van der Waals surface area contributed by atoms with Crippen molar-refractivity contribution < 1.29 is 9.90 Å². The van der Waals surface area contributed by atoms with Gasteiger partial charge in [-0.25, -0.2) is 0 Å². The van der Waals surface area contributed by atoms with Gasteiger partial charge in [-0.3, -0.25) is 9.78 Å². The number of anilines is 1. The Bertz CT molecular complexity index is 1030. The molecule has 4 aromatic rings. The van der Waals surface area contributed by atoms with Crippen LogP contribution in [-0.2, 0) is 10.4 Å². The zero-order valence-electron chi connectivity index (χ0n) is 14.5. The van der Waals surface area contributed by atoms with Crippen molar-refractivity contribution in [1.29, 1.82) is 0 Å². The molecule has 1 amide bonds. The minimum Gasteiger partial charge on any atom is -0.372 e. The van der Waals surface area contributed by atoms with E-state index in [9.17, 15) is 9.90 Å². The molecule has 27 heavy (non-hydrogen) atoms. The number of fused-ring (bicyclic) bond motifs is 1. The molecule has 3 aromatic carbocycles. The molecule has 1 heterocycles. The highest BCUT2D eigenvalue weighted by molar-refractivity contribution is 6.05. The molecule has 0 aliphatic rings. The average molecular weight is 354 g/mol. The van der Waals surface area contributed by atoms with Gasteiger partial charge in [0, 0.05) is 11.6 Å². The molecule has 0 saturated heterocycles. The lowest BCUT2D eigenvalue weighted by Gasteiger charge is -2.28. The van der Waals surface area contributed by atoms with Crippen molar-refractivity contribution in [3.63, 3.8) is 0 Å². The van der Waals surface area contributed by atoms with Gasteiger partial charge in [0.25, 0.3) is 5.91 Å². The second-order valence-corrected chi connectivity index (χ2v) is 6.28. The minimum absolute atomic E-state index is 0.502. The summed E-state index contributed by atoms with van der Waals surface area (Å²) in [6, 6.07) is 27.2. The Morgan fingerprint density at radius 2 is 1.37 bits per heavy atom. The number of nitrogens with zero attached hydrogens (tertiary/aromatic N) is 1. The van der Waals surface area contributed by atoms with E-state index in [-0.39, 0.29) is 0 Å². The van der Waals surface area contributed by atoms with Gasteiger partial charge in [0.2, 0.25) is 0 Å². The molecule has 2 N–H and O–H groups in total. The Hall–Kier alpha value is -3.50. The number of nitrogens with one attached hydrogen (secondary N) is 1. The fourth-order valence-corrected chi connectivity index (χ4v) is 3.21. The molecule has 4 heteroatoms. The summed E-state index contributed by atoms with van der Waals surface area (Å²) >= 11 is 0. The number of para-hydroxylation sites is 1. The maximum absolute atomic E-state index is 13.3. The number of hydrogen-bond donors (Lipinski definition) is 2. The van der Waals surface area contributed by atoms with Gasteiger partial charge in [0.1, 0.15) is 0 Å². The van der Waals surface area contributed by atoms with Crippen LogP contribution >= 0.6 is 0 Å². The zero-order chi connectivity index (χ0) is 18.7. The van der Waals surface area contributed by atoms with Crippen LogP contribution in [0.3, 0.4) is 0 Å². The maximum atomic E-state index is 13.3. The second kappa shape index (κ2) is 7.02. The van der Waals surface area contributed by atoms with Crippen molar-refractivity contribution in [2.24, 2.45) is 0 Å². The quantitative estimate of drug-likeness (QED) is 0.580. The average Bonchev–Trinajstić information content (AvgIpc) is 2.74. The Morgan fingerprint density at radius 3 is 2.00 bits per heavy atom. The van der Waals surface area contributed by atoms with Crippen LogP contribution in [-0.4, -0.2) is 16.0 Å². The normalized spacial score (nSPS) is 11.3. The largest absolute Gasteiger partial charge is 0.372 e. The van der Waals surface area contributed by atoms with Crippen LogP contribution in [0.5, 0.6) is 0 Å². The molecule has 4 nitrogen and oxygen atoms in total. The van der Waals surface area contributed by atoms with Gasteiger partial charge < -0.3 is 10.4 Å². The molecule has 0 unspecified atom stereocenters. The molecule has 0 bridgehead atoms. The van der Waals surface area contributed by atoms with Crippen LogP contribution in [0.4, 0.5) is 5.69 Å². The van der Waals surface area contributed by atoms with Crippen LogP contribution in [0, 0.1) is 0 Å². The van der Waals surface area contributed by atoms with E-state index in [4.69, 9.17) is 0 Å². The Balaban J connectivity index is 1.80. The molecule has 0 radical (unpaired) electrons. The van der Waals surface area contributed by atoms with E-state index in [0.717, 1.165) is 5.39 Å². The first-order chi connectivity index (χ1) is 13.2. The number of aromatic nitrogens is 1. The van der Waals surface area contributed by atoms with Gasteiger partial charge in [0.05, 0.1) is 11.2 Å². The van der Waals surface area contributed by atoms with Crippen molar-refractivity contribution in [2.45, 2.75) is 5.60 Å². The number of pyridine rings is 1. The van der Waals surface area contributed by atoms with E-state index in [0.29, 0.717) is 22.3 Å². The summed E-state index contributed by atoms with van der Waals surface area (Å²) in [5.74, 6) is -0.530. The SMILES string of the molecule is O=C(Nc1cccc2cccnc12)C(O)(c1ccccc1)c1ccccc1. The smallest absolute Gasteiger partial charge is 0.265 e. The number of carbonyl (C=O) groups excluding carboxylic acids is 1. The van der Waals surface area contributed by atoms with Crippen LogP contribution in [0.1, 0.15) is 11.1 Å². The van der Waals surface area contributed by atoms with Crippen LogP contribution in [0.25, 0.3) is 10.9 Å². The van der Waals surface area contributed by atoms with E-state index in [1.165, 1.54) is 0 Å². The molecular formula is C23H18N2O2. The third-order valence-electron chi connectivity index (χ3n) is 4.59. The summed E-state index contributed by atoms with van der Waals surface area (Å²) in [7, 11) is 0. The van der Waals surface area contributed by atoms with E-state index in [2.05, 4.69) is 10.3 Å². The molecule has 0 spiro atoms. The Morgan fingerprint density at radius 1 is 0.778 bits per heavy atom. The third kappa shape index (κ3) is 3.07. The summed E-state index contributed by atoms with van der Waals surface area (Å²) in [5.41, 5.74) is 0.420. The molecule has 0 aliphatic heterocycles. The monoisotopic (exact) mass is 354 g/mol. The zero-order valence-corrected chi connectivity index (χ0v) is 14.5. The molecule has 132 valence electrons. The first kappa shape index (κ1) is 16.9. The van der Waals surface area contributed by atoms with Gasteiger partial charge in [-0.05, 0) is 23.3 Å². The van der Waals surface area contributed by atoms with Crippen LogP contribution in [0.2, 0.25) is 0 Å². The van der Waals surface area contributed by atoms with Crippen molar-refractivity contribution in [3.05, 3.63) is 108 Å². The third-order valence-corrected chi connectivity index (χ3v) is 4.59. The van der Waals surface area contributed by atoms with Crippen molar-refractivity contribution >= 4 is 22.5 Å². The molecule has 0 saturated carbocycles. The fraction of sp³-hybridized carbons (Fsp3) is 0.0435. The Kier molecular flexibility index (Phi) is 4.40. The fourth-order valence-electron chi connectivity index (χ4n) is 3.21. The van der Waals surface area contributed by atoms with Crippen molar-refractivity contribution in [3.8, 4) is 0 Å². The summed E-state index contributed by atoms with van der Waals surface area (Å²) in [6.07, 6.45) is 1.68. The van der Waals surface area contributed by atoms with E-state index < -0.39 is 11.5 Å². The summed E-state index contributed by atoms with van der Waals surface area (Å²) in [6.45, 7) is 0. The predicted molar refractivity (Wildman–Crippen MR) is 106 cm³/mol. The topological polar surface area (TPSA) is 62.2 Å². The minimum atomic E-state index is -1.82. The highest BCUT2D eigenvalue weighted by Crippen LogP contribution is 2.32. The number of amides is 1. The number of aliphatic hydroxyl groups is 1. The highest BCUT2D eigenvalue weighted by Gasteiger charge is 2.40. The maximum Gasteiger partial charge on any atom is 0.265 e. The lowest BCUT2D eigenvalue weighted by atomic mass is 9.85. The van der Waals surface area contributed by atoms with Gasteiger partial charge >= 0.3 is 0 Å². The Labute approximate surface area is 157 Å².